The molecule has 156 valence electrons. The van der Waals surface area contributed by atoms with Gasteiger partial charge >= 0.3 is 0 Å². The molecule has 7 heteroatoms. The minimum absolute atomic E-state index is 0.0691. The van der Waals surface area contributed by atoms with E-state index in [0.717, 1.165) is 11.3 Å². The second-order valence-corrected chi connectivity index (χ2v) is 8.79. The second kappa shape index (κ2) is 8.92. The maximum absolute atomic E-state index is 12.8. The van der Waals surface area contributed by atoms with E-state index in [9.17, 15) is 14.4 Å². The molecular weight excluding hydrogens is 398 g/mol. The van der Waals surface area contributed by atoms with Gasteiger partial charge in [0.1, 0.15) is 0 Å². The molecule has 2 aromatic carbocycles. The minimum Gasteiger partial charge on any atom is -0.366 e. The van der Waals surface area contributed by atoms with Gasteiger partial charge in [0, 0.05) is 42.6 Å². The molecule has 4 rings (SSSR count). The minimum atomic E-state index is -0.462. The van der Waals surface area contributed by atoms with E-state index < -0.39 is 5.91 Å². The fourth-order valence-electron chi connectivity index (χ4n) is 3.90. The molecule has 0 unspecified atom stereocenters. The van der Waals surface area contributed by atoms with E-state index in [2.05, 4.69) is 12.1 Å². The van der Waals surface area contributed by atoms with Crippen LogP contribution >= 0.6 is 11.8 Å². The highest BCUT2D eigenvalue weighted by molar-refractivity contribution is 8.00. The molecule has 2 atom stereocenters. The first-order valence-electron chi connectivity index (χ1n) is 10.2. The summed E-state index contributed by atoms with van der Waals surface area (Å²) in [7, 11) is 0. The van der Waals surface area contributed by atoms with Crippen molar-refractivity contribution in [3.8, 4) is 0 Å². The molecule has 1 aliphatic heterocycles. The number of rotatable bonds is 6. The first-order chi connectivity index (χ1) is 14.5. The quantitative estimate of drug-likeness (QED) is 0.723. The fraction of sp³-hybridized carbons (Fsp3) is 0.348. The van der Waals surface area contributed by atoms with Crippen LogP contribution in [-0.4, -0.2) is 59.5 Å². The standard InChI is InChI=1S/C23H25N3O3S/c24-22(28)17-6-8-18(9-7-17)30-15-21(27)25-10-12-26(13-11-25)23(29)20-14-19(20)16-4-2-1-3-5-16/h1-9,19-20H,10-15H2,(H2,24,28)/t19-,20+/m0/s1. The molecule has 0 spiro atoms. The second-order valence-electron chi connectivity index (χ2n) is 7.74. The van der Waals surface area contributed by atoms with Crippen LogP contribution in [-0.2, 0) is 9.59 Å². The zero-order valence-electron chi connectivity index (χ0n) is 16.7. The van der Waals surface area contributed by atoms with Crippen LogP contribution in [0.2, 0.25) is 0 Å². The van der Waals surface area contributed by atoms with E-state index >= 15 is 0 Å². The van der Waals surface area contributed by atoms with Crippen LogP contribution in [0.1, 0.15) is 28.3 Å². The zero-order valence-corrected chi connectivity index (χ0v) is 17.5. The van der Waals surface area contributed by atoms with E-state index in [1.54, 1.807) is 24.3 Å². The van der Waals surface area contributed by atoms with Gasteiger partial charge in [-0.3, -0.25) is 14.4 Å². The lowest BCUT2D eigenvalue weighted by molar-refractivity contribution is -0.139. The lowest BCUT2D eigenvalue weighted by Crippen LogP contribution is -2.51. The summed E-state index contributed by atoms with van der Waals surface area (Å²) in [5, 5.41) is 0. The molecule has 30 heavy (non-hydrogen) atoms. The Bertz CT molecular complexity index is 924. The first kappa shape index (κ1) is 20.5. The maximum Gasteiger partial charge on any atom is 0.248 e. The number of hydrogen-bond donors (Lipinski definition) is 1. The van der Waals surface area contributed by atoms with Gasteiger partial charge in [-0.15, -0.1) is 11.8 Å². The number of piperazine rings is 1. The molecule has 2 aromatic rings. The fourth-order valence-corrected chi connectivity index (χ4v) is 4.70. The van der Waals surface area contributed by atoms with Crippen molar-refractivity contribution in [2.75, 3.05) is 31.9 Å². The number of amides is 3. The van der Waals surface area contributed by atoms with Crippen molar-refractivity contribution >= 4 is 29.5 Å². The number of carbonyl (C=O) groups is 3. The van der Waals surface area contributed by atoms with Gasteiger partial charge < -0.3 is 15.5 Å². The Balaban J connectivity index is 1.22. The number of benzene rings is 2. The van der Waals surface area contributed by atoms with Crippen LogP contribution in [0, 0.1) is 5.92 Å². The van der Waals surface area contributed by atoms with Crippen molar-refractivity contribution < 1.29 is 14.4 Å². The molecule has 0 bridgehead atoms. The summed E-state index contributed by atoms with van der Waals surface area (Å²) < 4.78 is 0. The van der Waals surface area contributed by atoms with Crippen LogP contribution in [0.15, 0.2) is 59.5 Å². The molecule has 2 aliphatic rings. The smallest absolute Gasteiger partial charge is 0.248 e. The zero-order chi connectivity index (χ0) is 21.1. The summed E-state index contributed by atoms with van der Waals surface area (Å²) in [4.78, 5) is 41.1. The predicted molar refractivity (Wildman–Crippen MR) is 116 cm³/mol. The van der Waals surface area contributed by atoms with Gasteiger partial charge in [-0.05, 0) is 42.2 Å². The summed E-state index contributed by atoms with van der Waals surface area (Å²) >= 11 is 1.44. The van der Waals surface area contributed by atoms with Crippen molar-refractivity contribution in [3.05, 3.63) is 65.7 Å². The van der Waals surface area contributed by atoms with E-state index in [0.29, 0.717) is 43.4 Å². The Morgan fingerprint density at radius 2 is 1.53 bits per heavy atom. The summed E-state index contributed by atoms with van der Waals surface area (Å²) in [5.41, 5.74) is 6.94. The maximum atomic E-state index is 12.8. The highest BCUT2D eigenvalue weighted by Gasteiger charge is 2.46. The Labute approximate surface area is 180 Å². The third-order valence-electron chi connectivity index (χ3n) is 5.78. The monoisotopic (exact) mass is 423 g/mol. The highest BCUT2D eigenvalue weighted by Crippen LogP contribution is 2.48. The molecule has 0 radical (unpaired) electrons. The number of nitrogens with two attached hydrogens (primary N) is 1. The van der Waals surface area contributed by atoms with Crippen LogP contribution in [0.3, 0.4) is 0 Å². The third-order valence-corrected chi connectivity index (χ3v) is 6.78. The summed E-state index contributed by atoms with van der Waals surface area (Å²) in [5.74, 6) is 0.600. The number of thioether (sulfide) groups is 1. The van der Waals surface area contributed by atoms with E-state index in [4.69, 9.17) is 5.73 Å². The number of carbonyl (C=O) groups excluding carboxylic acids is 3. The topological polar surface area (TPSA) is 83.7 Å². The molecular formula is C23H25N3O3S. The van der Waals surface area contributed by atoms with Crippen molar-refractivity contribution in [2.24, 2.45) is 11.7 Å². The lowest BCUT2D eigenvalue weighted by Gasteiger charge is -2.35. The molecule has 1 saturated carbocycles. The molecule has 2 N–H and O–H groups in total. The summed E-state index contributed by atoms with van der Waals surface area (Å²) in [6, 6.07) is 17.1. The van der Waals surface area contributed by atoms with E-state index in [-0.39, 0.29) is 17.7 Å². The number of nitrogens with zero attached hydrogens (tertiary/aromatic N) is 2. The number of primary amides is 1. The van der Waals surface area contributed by atoms with Gasteiger partial charge in [0.05, 0.1) is 5.75 Å². The molecule has 2 fully saturated rings. The van der Waals surface area contributed by atoms with Gasteiger partial charge in [0.25, 0.3) is 0 Å². The van der Waals surface area contributed by atoms with Crippen molar-refractivity contribution in [1.82, 2.24) is 9.80 Å². The van der Waals surface area contributed by atoms with Gasteiger partial charge in [-0.1, -0.05) is 30.3 Å². The van der Waals surface area contributed by atoms with Gasteiger partial charge in [-0.2, -0.15) is 0 Å². The Hall–Kier alpha value is -2.80. The Morgan fingerprint density at radius 3 is 2.17 bits per heavy atom. The SMILES string of the molecule is NC(=O)c1ccc(SCC(=O)N2CCN(C(=O)[C@@H]3C[C@H]3c3ccccc3)CC2)cc1. The van der Waals surface area contributed by atoms with Crippen molar-refractivity contribution in [3.63, 3.8) is 0 Å². The molecule has 1 heterocycles. The molecule has 1 aliphatic carbocycles. The molecule has 3 amide bonds. The largest absolute Gasteiger partial charge is 0.366 e. The predicted octanol–water partition coefficient (Wildman–Crippen LogP) is 2.35. The van der Waals surface area contributed by atoms with Gasteiger partial charge in [0.2, 0.25) is 17.7 Å². The summed E-state index contributed by atoms with van der Waals surface area (Å²) in [6.07, 6.45) is 0.924. The lowest BCUT2D eigenvalue weighted by atomic mass is 10.1. The van der Waals surface area contributed by atoms with E-state index in [1.807, 2.05) is 28.0 Å². The molecule has 0 aromatic heterocycles. The average Bonchev–Trinajstić information content (AvgIpc) is 3.59. The Kier molecular flexibility index (Phi) is 6.08. The van der Waals surface area contributed by atoms with Crippen LogP contribution in [0.25, 0.3) is 0 Å². The van der Waals surface area contributed by atoms with E-state index in [1.165, 1.54) is 17.3 Å². The molecule has 6 nitrogen and oxygen atoms in total. The van der Waals surface area contributed by atoms with Gasteiger partial charge in [0.15, 0.2) is 0 Å². The first-order valence-corrected chi connectivity index (χ1v) is 11.2. The summed E-state index contributed by atoms with van der Waals surface area (Å²) in [6.45, 7) is 2.35. The number of hydrogen-bond acceptors (Lipinski definition) is 4. The molecule has 1 saturated heterocycles. The average molecular weight is 424 g/mol. The van der Waals surface area contributed by atoms with Crippen LogP contribution in [0.4, 0.5) is 0 Å². The van der Waals surface area contributed by atoms with Crippen molar-refractivity contribution in [2.45, 2.75) is 17.2 Å². The highest BCUT2D eigenvalue weighted by atomic mass is 32.2. The van der Waals surface area contributed by atoms with Crippen LogP contribution < -0.4 is 5.73 Å². The third kappa shape index (κ3) is 4.67. The Morgan fingerprint density at radius 1 is 0.900 bits per heavy atom. The van der Waals surface area contributed by atoms with Crippen LogP contribution in [0.5, 0.6) is 0 Å². The normalized spacial score (nSPS) is 20.7. The van der Waals surface area contributed by atoms with Gasteiger partial charge in [-0.25, -0.2) is 0 Å². The van der Waals surface area contributed by atoms with Crippen molar-refractivity contribution in [1.29, 1.82) is 0 Å².